The number of thiophene rings is 1. The molecule has 0 bridgehead atoms. The highest BCUT2D eigenvalue weighted by Gasteiger charge is 2.04. The molecule has 82 valence electrons. The van der Waals surface area contributed by atoms with Gasteiger partial charge in [-0.15, -0.1) is 11.3 Å². The van der Waals surface area contributed by atoms with E-state index in [0.717, 1.165) is 9.21 Å². The Kier molecular flexibility index (Phi) is 5.43. The first-order chi connectivity index (χ1) is 7.22. The van der Waals surface area contributed by atoms with Gasteiger partial charge in [0.15, 0.2) is 0 Å². The number of esters is 1. The van der Waals surface area contributed by atoms with Crippen LogP contribution in [0.2, 0.25) is 4.34 Å². The molecule has 0 saturated carbocycles. The van der Waals surface area contributed by atoms with Gasteiger partial charge in [0.25, 0.3) is 0 Å². The average molecular weight is 245 g/mol. The fraction of sp³-hybridized carbons (Fsp3) is 0.364. The predicted octanol–water partition coefficient (Wildman–Crippen LogP) is 3.45. The Bertz CT molecular complexity index is 344. The molecule has 1 heterocycles. The number of hydrogen-bond donors (Lipinski definition) is 0. The van der Waals surface area contributed by atoms with Crippen LogP contribution in [-0.4, -0.2) is 12.6 Å². The van der Waals surface area contributed by atoms with Crippen molar-refractivity contribution in [3.05, 3.63) is 33.5 Å². The first kappa shape index (κ1) is 12.3. The number of halogens is 1. The van der Waals surface area contributed by atoms with Crippen LogP contribution in [0.3, 0.4) is 0 Å². The third-order valence-electron chi connectivity index (χ3n) is 1.78. The van der Waals surface area contributed by atoms with Crippen molar-refractivity contribution in [3.63, 3.8) is 0 Å². The van der Waals surface area contributed by atoms with Gasteiger partial charge in [0.1, 0.15) is 6.61 Å². The zero-order valence-corrected chi connectivity index (χ0v) is 10.1. The lowest BCUT2D eigenvalue weighted by molar-refractivity contribution is -0.142. The molecular formula is C11H13ClO2S. The number of hydrogen-bond acceptors (Lipinski definition) is 3. The minimum absolute atomic E-state index is 0.169. The minimum Gasteiger partial charge on any atom is -0.461 e. The quantitative estimate of drug-likeness (QED) is 0.586. The lowest BCUT2D eigenvalue weighted by Gasteiger charge is -2.00. The van der Waals surface area contributed by atoms with Gasteiger partial charge in [-0.05, 0) is 25.5 Å². The monoisotopic (exact) mass is 244 g/mol. The van der Waals surface area contributed by atoms with Crippen molar-refractivity contribution in [2.45, 2.75) is 19.8 Å². The highest BCUT2D eigenvalue weighted by atomic mass is 35.5. The fourth-order valence-electron chi connectivity index (χ4n) is 1.02. The Morgan fingerprint density at radius 3 is 3.00 bits per heavy atom. The van der Waals surface area contributed by atoms with Crippen molar-refractivity contribution >= 4 is 28.9 Å². The van der Waals surface area contributed by atoms with Gasteiger partial charge in [-0.1, -0.05) is 23.8 Å². The van der Waals surface area contributed by atoms with E-state index in [4.69, 9.17) is 16.3 Å². The summed E-state index contributed by atoms with van der Waals surface area (Å²) in [6.07, 6.45) is 4.77. The Labute approximate surface area is 98.5 Å². The Morgan fingerprint density at radius 2 is 2.40 bits per heavy atom. The van der Waals surface area contributed by atoms with E-state index < -0.39 is 0 Å². The molecule has 0 fully saturated rings. The second-order valence-electron chi connectivity index (χ2n) is 2.96. The molecule has 0 saturated heterocycles. The van der Waals surface area contributed by atoms with Crippen LogP contribution in [0, 0.1) is 0 Å². The normalized spacial score (nSPS) is 10.8. The summed E-state index contributed by atoms with van der Waals surface area (Å²) >= 11 is 7.27. The molecule has 0 unspecified atom stereocenters. The Balaban J connectivity index is 2.22. The number of carbonyl (C=O) groups excluding carboxylic acids is 1. The van der Waals surface area contributed by atoms with Gasteiger partial charge in [0.2, 0.25) is 0 Å². The number of rotatable bonds is 5. The van der Waals surface area contributed by atoms with E-state index in [1.807, 2.05) is 25.1 Å². The van der Waals surface area contributed by atoms with Crippen LogP contribution in [0.25, 0.3) is 0 Å². The number of aryl methyl sites for hydroxylation is 1. The molecule has 1 rings (SSSR count). The molecule has 0 spiro atoms. The second-order valence-corrected chi connectivity index (χ2v) is 4.76. The molecule has 2 nitrogen and oxygen atoms in total. The van der Waals surface area contributed by atoms with E-state index in [1.54, 1.807) is 6.08 Å². The summed E-state index contributed by atoms with van der Waals surface area (Å²) in [6, 6.07) is 3.78. The van der Waals surface area contributed by atoms with Crippen LogP contribution in [0.5, 0.6) is 0 Å². The standard InChI is InChI=1S/C11H13ClO2S/c1-2-3-8-14-11(13)7-5-9-4-6-10(12)15-9/h2-4,6H,5,7-8H2,1H3/b3-2+. The SMILES string of the molecule is C/C=C/COC(=O)CCc1ccc(Cl)s1. The lowest BCUT2D eigenvalue weighted by Crippen LogP contribution is -2.05. The molecule has 0 amide bonds. The molecule has 0 aromatic carbocycles. The molecule has 0 aliphatic carbocycles. The topological polar surface area (TPSA) is 26.3 Å². The maximum Gasteiger partial charge on any atom is 0.306 e. The summed E-state index contributed by atoms with van der Waals surface area (Å²) < 4.78 is 5.71. The van der Waals surface area contributed by atoms with Crippen LogP contribution in [-0.2, 0) is 16.0 Å². The third kappa shape index (κ3) is 5.00. The van der Waals surface area contributed by atoms with Gasteiger partial charge in [0, 0.05) is 4.88 Å². The summed E-state index contributed by atoms with van der Waals surface area (Å²) in [7, 11) is 0. The van der Waals surface area contributed by atoms with Crippen molar-refractivity contribution in [3.8, 4) is 0 Å². The van der Waals surface area contributed by atoms with Gasteiger partial charge in [-0.3, -0.25) is 4.79 Å². The highest BCUT2D eigenvalue weighted by molar-refractivity contribution is 7.16. The molecule has 0 N–H and O–H groups in total. The van der Waals surface area contributed by atoms with Crippen LogP contribution < -0.4 is 0 Å². The number of ether oxygens (including phenoxy) is 1. The summed E-state index contributed by atoms with van der Waals surface area (Å²) in [4.78, 5) is 12.3. The lowest BCUT2D eigenvalue weighted by atomic mass is 10.3. The first-order valence-corrected chi connectivity index (χ1v) is 5.93. The fourth-order valence-corrected chi connectivity index (χ4v) is 2.11. The van der Waals surface area contributed by atoms with Crippen LogP contribution in [0.15, 0.2) is 24.3 Å². The molecule has 0 atom stereocenters. The first-order valence-electron chi connectivity index (χ1n) is 4.73. The van der Waals surface area contributed by atoms with E-state index in [0.29, 0.717) is 19.4 Å². The van der Waals surface area contributed by atoms with E-state index in [-0.39, 0.29) is 5.97 Å². The average Bonchev–Trinajstić information content (AvgIpc) is 2.62. The summed E-state index contributed by atoms with van der Waals surface area (Å²) in [5.74, 6) is -0.169. The predicted molar refractivity (Wildman–Crippen MR) is 63.4 cm³/mol. The Hall–Kier alpha value is -0.800. The second kappa shape index (κ2) is 6.64. The van der Waals surface area contributed by atoms with Crippen LogP contribution in [0.4, 0.5) is 0 Å². The zero-order valence-electron chi connectivity index (χ0n) is 8.53. The highest BCUT2D eigenvalue weighted by Crippen LogP contribution is 2.22. The van der Waals surface area contributed by atoms with E-state index >= 15 is 0 Å². The summed E-state index contributed by atoms with van der Waals surface area (Å²) in [6.45, 7) is 2.25. The molecule has 1 aromatic rings. The molecule has 4 heteroatoms. The van der Waals surface area contributed by atoms with Crippen molar-refractivity contribution in [1.82, 2.24) is 0 Å². The number of carbonyl (C=O) groups is 1. The summed E-state index contributed by atoms with van der Waals surface area (Å²) in [5.41, 5.74) is 0. The molecule has 1 aromatic heterocycles. The third-order valence-corrected chi connectivity index (χ3v) is 3.07. The zero-order chi connectivity index (χ0) is 11.1. The van der Waals surface area contributed by atoms with E-state index in [2.05, 4.69) is 0 Å². The van der Waals surface area contributed by atoms with Gasteiger partial charge >= 0.3 is 5.97 Å². The van der Waals surface area contributed by atoms with E-state index in [1.165, 1.54) is 11.3 Å². The van der Waals surface area contributed by atoms with Crippen LogP contribution >= 0.6 is 22.9 Å². The van der Waals surface area contributed by atoms with Crippen LogP contribution in [0.1, 0.15) is 18.2 Å². The van der Waals surface area contributed by atoms with Crippen molar-refractivity contribution in [1.29, 1.82) is 0 Å². The van der Waals surface area contributed by atoms with Gasteiger partial charge in [-0.2, -0.15) is 0 Å². The largest absolute Gasteiger partial charge is 0.461 e. The maximum absolute atomic E-state index is 11.2. The van der Waals surface area contributed by atoms with Crippen molar-refractivity contribution in [2.24, 2.45) is 0 Å². The maximum atomic E-state index is 11.2. The molecule has 0 aliphatic rings. The van der Waals surface area contributed by atoms with Gasteiger partial charge in [-0.25, -0.2) is 0 Å². The summed E-state index contributed by atoms with van der Waals surface area (Å²) in [5, 5.41) is 0. The van der Waals surface area contributed by atoms with Gasteiger partial charge in [0.05, 0.1) is 10.8 Å². The number of allylic oxidation sites excluding steroid dienone is 1. The van der Waals surface area contributed by atoms with Gasteiger partial charge < -0.3 is 4.74 Å². The molecular weight excluding hydrogens is 232 g/mol. The van der Waals surface area contributed by atoms with Crippen molar-refractivity contribution in [2.75, 3.05) is 6.61 Å². The molecule has 0 aliphatic heterocycles. The minimum atomic E-state index is -0.169. The van der Waals surface area contributed by atoms with E-state index in [9.17, 15) is 4.79 Å². The molecule has 0 radical (unpaired) electrons. The smallest absolute Gasteiger partial charge is 0.306 e. The van der Waals surface area contributed by atoms with Crippen molar-refractivity contribution < 1.29 is 9.53 Å². The Morgan fingerprint density at radius 1 is 1.60 bits per heavy atom. The molecule has 15 heavy (non-hydrogen) atoms.